The molecule has 0 aliphatic carbocycles. The number of nitrogens with zero attached hydrogens (tertiary/aromatic N) is 2. The first kappa shape index (κ1) is 19.6. The van der Waals surface area contributed by atoms with Crippen LogP contribution in [0.25, 0.3) is 0 Å². The number of benzene rings is 2. The highest BCUT2D eigenvalue weighted by molar-refractivity contribution is 6.04. The lowest BCUT2D eigenvalue weighted by atomic mass is 9.91. The van der Waals surface area contributed by atoms with Gasteiger partial charge in [0.15, 0.2) is 0 Å². The highest BCUT2D eigenvalue weighted by Gasteiger charge is 2.55. The van der Waals surface area contributed by atoms with Crippen molar-refractivity contribution in [2.45, 2.75) is 64.0 Å². The SMILES string of the molecule is CC1(C)OC(C)(C)N(C(=O)[C@H]2CC(c3ccccc3)=NO2)[C@H]1Cc1ccccc1. The van der Waals surface area contributed by atoms with Crippen LogP contribution >= 0.6 is 0 Å². The fourth-order valence-corrected chi connectivity index (χ4v) is 4.51. The van der Waals surface area contributed by atoms with Crippen LogP contribution in [0.3, 0.4) is 0 Å². The average Bonchev–Trinajstić information content (AvgIpc) is 3.24. The fourth-order valence-electron chi connectivity index (χ4n) is 4.51. The number of hydrogen-bond acceptors (Lipinski definition) is 4. The van der Waals surface area contributed by atoms with Crippen LogP contribution in [0.4, 0.5) is 0 Å². The summed E-state index contributed by atoms with van der Waals surface area (Å²) in [5.41, 5.74) is 1.77. The molecule has 2 aromatic carbocycles. The number of hydrogen-bond donors (Lipinski definition) is 0. The second-order valence-electron chi connectivity index (χ2n) is 8.77. The molecule has 5 heteroatoms. The van der Waals surface area contributed by atoms with Gasteiger partial charge in [-0.15, -0.1) is 0 Å². The van der Waals surface area contributed by atoms with Gasteiger partial charge in [0.25, 0.3) is 5.91 Å². The lowest BCUT2D eigenvalue weighted by Crippen LogP contribution is -2.53. The van der Waals surface area contributed by atoms with Crippen molar-refractivity contribution in [1.82, 2.24) is 4.90 Å². The third-order valence-corrected chi connectivity index (χ3v) is 5.77. The Morgan fingerprint density at radius 1 is 1.03 bits per heavy atom. The van der Waals surface area contributed by atoms with E-state index in [1.54, 1.807) is 0 Å². The molecule has 0 spiro atoms. The van der Waals surface area contributed by atoms with E-state index in [1.807, 2.05) is 67.3 Å². The molecular formula is C24H28N2O3. The summed E-state index contributed by atoms with van der Waals surface area (Å²) in [5, 5.41) is 4.20. The Labute approximate surface area is 172 Å². The minimum atomic E-state index is -0.723. The van der Waals surface area contributed by atoms with Gasteiger partial charge in [-0.25, -0.2) is 0 Å². The molecule has 0 aromatic heterocycles. The van der Waals surface area contributed by atoms with Crippen LogP contribution in [-0.2, 0) is 20.8 Å². The Kier molecular flexibility index (Phi) is 4.95. The molecule has 5 nitrogen and oxygen atoms in total. The van der Waals surface area contributed by atoms with Crippen molar-refractivity contribution in [2.75, 3.05) is 0 Å². The minimum Gasteiger partial charge on any atom is -0.382 e. The quantitative estimate of drug-likeness (QED) is 0.785. The van der Waals surface area contributed by atoms with Gasteiger partial charge < -0.3 is 14.5 Å². The van der Waals surface area contributed by atoms with Gasteiger partial charge in [0.05, 0.1) is 17.4 Å². The third-order valence-electron chi connectivity index (χ3n) is 5.77. The standard InChI is InChI=1S/C24H28N2O3/c1-23(2)21(15-17-11-7-5-8-12-17)26(24(3,4)29-23)22(27)20-16-19(25-28-20)18-13-9-6-10-14-18/h5-14,20-21H,15-16H2,1-4H3/t20-,21+/m1/s1. The predicted molar refractivity (Wildman–Crippen MR) is 112 cm³/mol. The molecule has 4 rings (SSSR count). The Hall–Kier alpha value is -2.66. The van der Waals surface area contributed by atoms with Crippen LogP contribution in [0, 0.1) is 0 Å². The summed E-state index contributed by atoms with van der Waals surface area (Å²) in [4.78, 5) is 21.0. The van der Waals surface area contributed by atoms with E-state index in [2.05, 4.69) is 31.1 Å². The number of carbonyl (C=O) groups is 1. The number of oxime groups is 1. The van der Waals surface area contributed by atoms with Crippen LogP contribution in [0.5, 0.6) is 0 Å². The molecule has 0 N–H and O–H groups in total. The molecule has 0 bridgehead atoms. The van der Waals surface area contributed by atoms with Gasteiger partial charge >= 0.3 is 0 Å². The fraction of sp³-hybridized carbons (Fsp3) is 0.417. The van der Waals surface area contributed by atoms with Crippen LogP contribution < -0.4 is 0 Å². The van der Waals surface area contributed by atoms with Gasteiger partial charge in [-0.05, 0) is 45.2 Å². The summed E-state index contributed by atoms with van der Waals surface area (Å²) in [7, 11) is 0. The molecular weight excluding hydrogens is 364 g/mol. The van der Waals surface area contributed by atoms with Crippen LogP contribution in [0.1, 0.15) is 45.2 Å². The van der Waals surface area contributed by atoms with Gasteiger partial charge in [-0.1, -0.05) is 65.8 Å². The lowest BCUT2D eigenvalue weighted by Gasteiger charge is -2.35. The zero-order chi connectivity index (χ0) is 20.6. The second-order valence-corrected chi connectivity index (χ2v) is 8.77. The summed E-state index contributed by atoms with van der Waals surface area (Å²) in [6, 6.07) is 20.0. The molecule has 0 unspecified atom stereocenters. The lowest BCUT2D eigenvalue weighted by molar-refractivity contribution is -0.159. The predicted octanol–water partition coefficient (Wildman–Crippen LogP) is 4.16. The minimum absolute atomic E-state index is 0.0730. The van der Waals surface area contributed by atoms with Crippen LogP contribution in [0.15, 0.2) is 65.8 Å². The topological polar surface area (TPSA) is 51.1 Å². The zero-order valence-corrected chi connectivity index (χ0v) is 17.5. The molecule has 152 valence electrons. The van der Waals surface area contributed by atoms with E-state index in [0.29, 0.717) is 6.42 Å². The Morgan fingerprint density at radius 2 is 1.66 bits per heavy atom. The molecule has 2 atom stereocenters. The monoisotopic (exact) mass is 392 g/mol. The van der Waals surface area contributed by atoms with E-state index < -0.39 is 17.4 Å². The van der Waals surface area contributed by atoms with Crippen molar-refractivity contribution in [3.63, 3.8) is 0 Å². The molecule has 0 radical (unpaired) electrons. The van der Waals surface area contributed by atoms with Crippen LogP contribution in [-0.4, -0.2) is 40.0 Å². The van der Waals surface area contributed by atoms with E-state index in [9.17, 15) is 4.79 Å². The third kappa shape index (κ3) is 3.79. The van der Waals surface area contributed by atoms with Crippen molar-refractivity contribution in [2.24, 2.45) is 5.16 Å². The van der Waals surface area contributed by atoms with Gasteiger partial charge in [-0.3, -0.25) is 4.79 Å². The maximum absolute atomic E-state index is 13.6. The summed E-state index contributed by atoms with van der Waals surface area (Å²) in [6.07, 6.45) is 0.566. The highest BCUT2D eigenvalue weighted by Crippen LogP contribution is 2.41. The Morgan fingerprint density at radius 3 is 2.31 bits per heavy atom. The maximum atomic E-state index is 13.6. The second kappa shape index (κ2) is 7.30. The normalized spacial score (nSPS) is 24.8. The summed E-state index contributed by atoms with van der Waals surface area (Å²) in [5.74, 6) is -0.0730. The van der Waals surface area contributed by atoms with E-state index in [1.165, 1.54) is 5.56 Å². The molecule has 2 aromatic rings. The molecule has 2 aliphatic heterocycles. The van der Waals surface area contributed by atoms with Gasteiger partial charge in [0, 0.05) is 6.42 Å². The summed E-state index contributed by atoms with van der Waals surface area (Å²) >= 11 is 0. The average molecular weight is 392 g/mol. The first-order valence-corrected chi connectivity index (χ1v) is 10.1. The van der Waals surface area contributed by atoms with Crippen molar-refractivity contribution in [3.05, 3.63) is 71.8 Å². The van der Waals surface area contributed by atoms with E-state index in [-0.39, 0.29) is 11.9 Å². The number of rotatable bonds is 4. The van der Waals surface area contributed by atoms with Crippen molar-refractivity contribution in [1.29, 1.82) is 0 Å². The number of carbonyl (C=O) groups excluding carboxylic acids is 1. The van der Waals surface area contributed by atoms with Gasteiger partial charge in [-0.2, -0.15) is 0 Å². The molecule has 2 heterocycles. The van der Waals surface area contributed by atoms with Crippen molar-refractivity contribution >= 4 is 11.6 Å². The highest BCUT2D eigenvalue weighted by atomic mass is 16.6. The van der Waals surface area contributed by atoms with Crippen LogP contribution in [0.2, 0.25) is 0 Å². The van der Waals surface area contributed by atoms with Crippen molar-refractivity contribution < 1.29 is 14.4 Å². The Bertz CT molecular complexity index is 906. The van der Waals surface area contributed by atoms with E-state index in [4.69, 9.17) is 9.57 Å². The number of ether oxygens (including phenoxy) is 1. The smallest absolute Gasteiger partial charge is 0.269 e. The largest absolute Gasteiger partial charge is 0.382 e. The molecule has 1 fully saturated rings. The first-order valence-electron chi connectivity index (χ1n) is 10.1. The molecule has 1 amide bonds. The Balaban J connectivity index is 1.57. The summed E-state index contributed by atoms with van der Waals surface area (Å²) in [6.45, 7) is 8.01. The van der Waals surface area contributed by atoms with E-state index in [0.717, 1.165) is 17.7 Å². The van der Waals surface area contributed by atoms with Gasteiger partial charge in [0.1, 0.15) is 5.72 Å². The summed E-state index contributed by atoms with van der Waals surface area (Å²) < 4.78 is 6.34. The molecule has 2 aliphatic rings. The molecule has 0 saturated carbocycles. The number of amides is 1. The molecule has 29 heavy (non-hydrogen) atoms. The first-order chi connectivity index (χ1) is 13.8. The van der Waals surface area contributed by atoms with E-state index >= 15 is 0 Å². The van der Waals surface area contributed by atoms with Crippen molar-refractivity contribution in [3.8, 4) is 0 Å². The van der Waals surface area contributed by atoms with Gasteiger partial charge in [0.2, 0.25) is 6.10 Å². The maximum Gasteiger partial charge on any atom is 0.269 e. The zero-order valence-electron chi connectivity index (χ0n) is 17.5. The molecule has 1 saturated heterocycles.